The molecule has 0 fully saturated rings. The van der Waals surface area contributed by atoms with Crippen LogP contribution in [0.1, 0.15) is 35.1 Å². The average Bonchev–Trinajstić information content (AvgIpc) is 3.20. The topological polar surface area (TPSA) is 37.3 Å². The minimum absolute atomic E-state index is 0.126. The molecule has 0 saturated carbocycles. The van der Waals surface area contributed by atoms with Gasteiger partial charge in [0.05, 0.1) is 0 Å². The van der Waals surface area contributed by atoms with E-state index in [2.05, 4.69) is 108 Å². The molecule has 4 heteroatoms. The summed E-state index contributed by atoms with van der Waals surface area (Å²) >= 11 is 0. The van der Waals surface area contributed by atoms with E-state index in [1.807, 2.05) is 6.07 Å². The van der Waals surface area contributed by atoms with Gasteiger partial charge in [0, 0.05) is 43.2 Å². The van der Waals surface area contributed by atoms with E-state index in [-0.39, 0.29) is 5.91 Å². The van der Waals surface area contributed by atoms with Crippen molar-refractivity contribution >= 4 is 16.8 Å². The third-order valence-corrected chi connectivity index (χ3v) is 6.30. The molecule has 0 aliphatic heterocycles. The van der Waals surface area contributed by atoms with E-state index in [0.717, 1.165) is 32.5 Å². The van der Waals surface area contributed by atoms with Gasteiger partial charge in [-0.1, -0.05) is 78.4 Å². The third kappa shape index (κ3) is 6.58. The highest BCUT2D eigenvalue weighted by atomic mass is 16.1. The van der Waals surface area contributed by atoms with Crippen molar-refractivity contribution in [1.82, 2.24) is 14.8 Å². The second-order valence-corrected chi connectivity index (χ2v) is 9.21. The Kier molecular flexibility index (Phi) is 8.16. The minimum atomic E-state index is 0.126. The van der Waals surface area contributed by atoms with Crippen molar-refractivity contribution in [2.75, 3.05) is 20.1 Å². The first-order valence-corrected chi connectivity index (χ1v) is 12.2. The van der Waals surface area contributed by atoms with Gasteiger partial charge in [0.25, 0.3) is 0 Å². The molecule has 0 radical (unpaired) electrons. The highest BCUT2D eigenvalue weighted by Crippen LogP contribution is 2.23. The highest BCUT2D eigenvalue weighted by molar-refractivity contribution is 5.85. The van der Waals surface area contributed by atoms with E-state index in [0.29, 0.717) is 13.0 Å². The molecule has 0 spiro atoms. The molecular weight excluding hydrogens is 418 g/mol. The molecule has 34 heavy (non-hydrogen) atoms. The lowest BCUT2D eigenvalue weighted by molar-refractivity contribution is -0.121. The SMILES string of the molecule is Cc1ccc(Cn2cc(CCC(=O)NCCCN(C)Cc3ccccc3)c3ccccc32)cc1. The molecular formula is C30H35N3O. The zero-order valence-electron chi connectivity index (χ0n) is 20.3. The maximum Gasteiger partial charge on any atom is 0.220 e. The van der Waals surface area contributed by atoms with Gasteiger partial charge in [0.1, 0.15) is 0 Å². The molecule has 1 aromatic heterocycles. The molecule has 0 saturated heterocycles. The second-order valence-electron chi connectivity index (χ2n) is 9.21. The van der Waals surface area contributed by atoms with E-state index < -0.39 is 0 Å². The number of carbonyl (C=O) groups excluding carboxylic acids is 1. The number of amides is 1. The van der Waals surface area contributed by atoms with Crippen LogP contribution in [0.5, 0.6) is 0 Å². The van der Waals surface area contributed by atoms with Gasteiger partial charge in [0.15, 0.2) is 0 Å². The number of hydrogen-bond acceptors (Lipinski definition) is 2. The number of para-hydroxylation sites is 1. The molecule has 1 amide bonds. The summed E-state index contributed by atoms with van der Waals surface area (Å²) in [7, 11) is 2.13. The molecule has 4 aromatic rings. The Morgan fingerprint density at radius 1 is 0.912 bits per heavy atom. The number of benzene rings is 3. The summed E-state index contributed by atoms with van der Waals surface area (Å²) in [6, 6.07) is 27.7. The Labute approximate surface area is 203 Å². The Bertz CT molecular complexity index is 1190. The summed E-state index contributed by atoms with van der Waals surface area (Å²) in [5.41, 5.74) is 6.33. The smallest absolute Gasteiger partial charge is 0.220 e. The number of carbonyl (C=O) groups is 1. The van der Waals surface area contributed by atoms with Crippen LogP contribution in [0.2, 0.25) is 0 Å². The summed E-state index contributed by atoms with van der Waals surface area (Å²) in [5.74, 6) is 0.126. The first-order chi connectivity index (χ1) is 16.6. The van der Waals surface area contributed by atoms with Crippen LogP contribution in [0, 0.1) is 6.92 Å². The fraction of sp³-hybridized carbons (Fsp3) is 0.300. The van der Waals surface area contributed by atoms with Crippen LogP contribution in [-0.2, 0) is 24.3 Å². The molecule has 3 aromatic carbocycles. The number of nitrogens with zero attached hydrogens (tertiary/aromatic N) is 2. The molecule has 0 bridgehead atoms. The maximum absolute atomic E-state index is 12.5. The van der Waals surface area contributed by atoms with Gasteiger partial charge in [0.2, 0.25) is 5.91 Å². The fourth-order valence-electron chi connectivity index (χ4n) is 4.43. The Morgan fingerprint density at radius 3 is 2.44 bits per heavy atom. The highest BCUT2D eigenvalue weighted by Gasteiger charge is 2.11. The van der Waals surface area contributed by atoms with Gasteiger partial charge in [-0.15, -0.1) is 0 Å². The lowest BCUT2D eigenvalue weighted by Crippen LogP contribution is -2.28. The predicted octanol–water partition coefficient (Wildman–Crippen LogP) is 5.57. The van der Waals surface area contributed by atoms with Gasteiger partial charge in [-0.25, -0.2) is 0 Å². The number of hydrogen-bond donors (Lipinski definition) is 1. The molecule has 4 rings (SSSR count). The second kappa shape index (κ2) is 11.7. The number of aromatic nitrogens is 1. The fourth-order valence-corrected chi connectivity index (χ4v) is 4.43. The van der Waals surface area contributed by atoms with Crippen LogP contribution < -0.4 is 5.32 Å². The third-order valence-electron chi connectivity index (χ3n) is 6.30. The van der Waals surface area contributed by atoms with E-state index >= 15 is 0 Å². The molecule has 1 N–H and O–H groups in total. The molecule has 0 aliphatic rings. The van der Waals surface area contributed by atoms with Crippen molar-refractivity contribution in [2.24, 2.45) is 0 Å². The number of fused-ring (bicyclic) bond motifs is 1. The molecule has 1 heterocycles. The standard InChI is InChI=1S/C30H35N3O/c1-24-13-15-26(16-14-24)22-33-23-27(28-11-6-7-12-29(28)33)17-18-30(34)31-19-8-20-32(2)21-25-9-4-3-5-10-25/h3-7,9-16,23H,8,17-22H2,1-2H3,(H,31,34). The van der Waals surface area contributed by atoms with E-state index in [1.165, 1.54) is 33.2 Å². The van der Waals surface area contributed by atoms with Crippen molar-refractivity contribution in [3.8, 4) is 0 Å². The van der Waals surface area contributed by atoms with Gasteiger partial charge in [-0.3, -0.25) is 4.79 Å². The summed E-state index contributed by atoms with van der Waals surface area (Å²) in [4.78, 5) is 14.8. The molecule has 0 aliphatic carbocycles. The maximum atomic E-state index is 12.5. The summed E-state index contributed by atoms with van der Waals surface area (Å²) in [5, 5.41) is 4.34. The van der Waals surface area contributed by atoms with Crippen molar-refractivity contribution in [1.29, 1.82) is 0 Å². The quantitative estimate of drug-likeness (QED) is 0.302. The Morgan fingerprint density at radius 2 is 1.65 bits per heavy atom. The van der Waals surface area contributed by atoms with Crippen molar-refractivity contribution in [3.05, 3.63) is 107 Å². The lowest BCUT2D eigenvalue weighted by Gasteiger charge is -2.16. The van der Waals surface area contributed by atoms with Crippen LogP contribution in [0.25, 0.3) is 10.9 Å². The van der Waals surface area contributed by atoms with E-state index in [1.54, 1.807) is 0 Å². The first-order valence-electron chi connectivity index (χ1n) is 12.2. The molecule has 0 atom stereocenters. The normalized spacial score (nSPS) is 11.3. The molecule has 0 unspecified atom stereocenters. The van der Waals surface area contributed by atoms with Gasteiger partial charge < -0.3 is 14.8 Å². The summed E-state index contributed by atoms with van der Waals surface area (Å²) in [6.07, 6.45) is 4.43. The number of rotatable bonds is 11. The lowest BCUT2D eigenvalue weighted by atomic mass is 10.1. The van der Waals surface area contributed by atoms with Crippen LogP contribution >= 0.6 is 0 Å². The zero-order chi connectivity index (χ0) is 23.8. The Balaban J connectivity index is 1.26. The first kappa shape index (κ1) is 23.8. The summed E-state index contributed by atoms with van der Waals surface area (Å²) < 4.78 is 2.30. The largest absolute Gasteiger partial charge is 0.356 e. The van der Waals surface area contributed by atoms with E-state index in [4.69, 9.17) is 0 Å². The van der Waals surface area contributed by atoms with Crippen LogP contribution in [0.15, 0.2) is 85.1 Å². The van der Waals surface area contributed by atoms with Crippen molar-refractivity contribution in [3.63, 3.8) is 0 Å². The minimum Gasteiger partial charge on any atom is -0.356 e. The number of aryl methyl sites for hydroxylation is 2. The van der Waals surface area contributed by atoms with Gasteiger partial charge in [-0.05, 0) is 56.1 Å². The molecule has 4 nitrogen and oxygen atoms in total. The van der Waals surface area contributed by atoms with Crippen LogP contribution in [0.3, 0.4) is 0 Å². The average molecular weight is 454 g/mol. The summed E-state index contributed by atoms with van der Waals surface area (Å²) in [6.45, 7) is 5.56. The van der Waals surface area contributed by atoms with Crippen LogP contribution in [-0.4, -0.2) is 35.5 Å². The van der Waals surface area contributed by atoms with Crippen molar-refractivity contribution in [2.45, 2.75) is 39.3 Å². The Hall–Kier alpha value is -3.37. The van der Waals surface area contributed by atoms with Crippen LogP contribution in [0.4, 0.5) is 0 Å². The monoisotopic (exact) mass is 453 g/mol. The van der Waals surface area contributed by atoms with Crippen molar-refractivity contribution < 1.29 is 4.79 Å². The van der Waals surface area contributed by atoms with Gasteiger partial charge in [-0.2, -0.15) is 0 Å². The van der Waals surface area contributed by atoms with E-state index in [9.17, 15) is 4.79 Å². The number of nitrogens with one attached hydrogen (secondary N) is 1. The zero-order valence-corrected chi connectivity index (χ0v) is 20.3. The molecule has 176 valence electrons. The predicted molar refractivity (Wildman–Crippen MR) is 141 cm³/mol. The van der Waals surface area contributed by atoms with Gasteiger partial charge >= 0.3 is 0 Å².